The lowest BCUT2D eigenvalue weighted by Crippen LogP contribution is -2.53. The molecule has 4 heteroatoms. The van der Waals surface area contributed by atoms with Gasteiger partial charge in [0, 0.05) is 51.0 Å². The van der Waals surface area contributed by atoms with E-state index in [4.69, 9.17) is 4.74 Å². The minimum absolute atomic E-state index is 0.712. The Balaban J connectivity index is 1.17. The summed E-state index contributed by atoms with van der Waals surface area (Å²) >= 11 is 0. The zero-order valence-electron chi connectivity index (χ0n) is 18.3. The average molecular weight is 406 g/mol. The minimum Gasteiger partial charge on any atom is -0.497 e. The fourth-order valence-electron chi connectivity index (χ4n) is 5.79. The summed E-state index contributed by atoms with van der Waals surface area (Å²) < 4.78 is 5.49. The number of likely N-dealkylation sites (tertiary alicyclic amines) is 1. The highest BCUT2D eigenvalue weighted by atomic mass is 16.5. The van der Waals surface area contributed by atoms with Gasteiger partial charge in [-0.25, -0.2) is 0 Å². The second kappa shape index (κ2) is 8.99. The second-order valence-corrected chi connectivity index (χ2v) is 9.21. The Kier molecular flexibility index (Phi) is 5.96. The first-order valence-corrected chi connectivity index (χ1v) is 11.7. The van der Waals surface area contributed by atoms with E-state index in [0.29, 0.717) is 6.04 Å². The highest BCUT2D eigenvalue weighted by Gasteiger charge is 2.35. The Morgan fingerprint density at radius 1 is 0.867 bits per heavy atom. The number of methoxy groups -OCH3 is 1. The number of ether oxygens (including phenoxy) is 1. The molecule has 0 N–H and O–H groups in total. The molecule has 2 aliphatic heterocycles. The van der Waals surface area contributed by atoms with Gasteiger partial charge in [0.25, 0.3) is 0 Å². The number of rotatable bonds is 5. The zero-order chi connectivity index (χ0) is 20.3. The molecule has 0 aromatic heterocycles. The summed E-state index contributed by atoms with van der Waals surface area (Å²) in [7, 11) is 1.78. The van der Waals surface area contributed by atoms with Gasteiger partial charge in [0.15, 0.2) is 0 Å². The number of hydrogen-bond acceptors (Lipinski definition) is 4. The van der Waals surface area contributed by atoms with Crippen LogP contribution >= 0.6 is 0 Å². The smallest absolute Gasteiger partial charge is 0.119 e. The number of nitrogens with zero attached hydrogens (tertiary/aromatic N) is 3. The first-order chi connectivity index (χ1) is 14.8. The van der Waals surface area contributed by atoms with E-state index >= 15 is 0 Å². The molecule has 2 atom stereocenters. The van der Waals surface area contributed by atoms with Gasteiger partial charge in [0.1, 0.15) is 5.75 Å². The number of piperazine rings is 1. The molecule has 2 fully saturated rings. The van der Waals surface area contributed by atoms with Crippen molar-refractivity contribution in [2.24, 2.45) is 5.92 Å². The van der Waals surface area contributed by atoms with Crippen molar-refractivity contribution in [3.63, 3.8) is 0 Å². The van der Waals surface area contributed by atoms with Gasteiger partial charge < -0.3 is 9.64 Å². The summed E-state index contributed by atoms with van der Waals surface area (Å²) in [6.45, 7) is 8.33. The lowest BCUT2D eigenvalue weighted by Gasteiger charge is -2.45. The molecular formula is C26H35N3O. The van der Waals surface area contributed by atoms with Crippen LogP contribution in [0.2, 0.25) is 0 Å². The summed E-state index contributed by atoms with van der Waals surface area (Å²) in [4.78, 5) is 8.00. The monoisotopic (exact) mass is 405 g/mol. The largest absolute Gasteiger partial charge is 0.497 e. The van der Waals surface area contributed by atoms with E-state index in [9.17, 15) is 0 Å². The Morgan fingerprint density at radius 3 is 2.50 bits per heavy atom. The highest BCUT2D eigenvalue weighted by molar-refractivity contribution is 5.46. The maximum Gasteiger partial charge on any atom is 0.119 e. The number of fused-ring (bicyclic) bond motifs is 2. The molecule has 4 nitrogen and oxygen atoms in total. The predicted molar refractivity (Wildman–Crippen MR) is 124 cm³/mol. The number of piperidine rings is 1. The summed E-state index contributed by atoms with van der Waals surface area (Å²) in [5.41, 5.74) is 4.43. The Bertz CT molecular complexity index is 831. The number of hydrogen-bond donors (Lipinski definition) is 0. The molecule has 0 saturated carbocycles. The molecule has 0 spiro atoms. The maximum absolute atomic E-state index is 5.49. The van der Waals surface area contributed by atoms with Crippen molar-refractivity contribution in [3.05, 3.63) is 59.7 Å². The summed E-state index contributed by atoms with van der Waals surface area (Å²) in [6.07, 6.45) is 5.19. The van der Waals surface area contributed by atoms with Crippen LogP contribution in [0.4, 0.5) is 5.69 Å². The van der Waals surface area contributed by atoms with Crippen LogP contribution in [0, 0.1) is 5.92 Å². The van der Waals surface area contributed by atoms with Crippen LogP contribution in [0.25, 0.3) is 0 Å². The quantitative estimate of drug-likeness (QED) is 0.755. The number of para-hydroxylation sites is 1. The Hall–Kier alpha value is -2.04. The molecule has 0 bridgehead atoms. The minimum atomic E-state index is 0.712. The summed E-state index contributed by atoms with van der Waals surface area (Å²) in [5.74, 6) is 1.83. The van der Waals surface area contributed by atoms with Gasteiger partial charge in [-0.3, -0.25) is 9.80 Å². The number of benzene rings is 2. The predicted octanol–water partition coefficient (Wildman–Crippen LogP) is 3.70. The summed E-state index contributed by atoms with van der Waals surface area (Å²) in [5, 5.41) is 0. The molecule has 1 aliphatic carbocycles. The lowest BCUT2D eigenvalue weighted by molar-refractivity contribution is 0.0726. The zero-order valence-corrected chi connectivity index (χ0v) is 18.3. The van der Waals surface area contributed by atoms with E-state index in [2.05, 4.69) is 63.2 Å². The lowest BCUT2D eigenvalue weighted by atomic mass is 9.75. The van der Waals surface area contributed by atoms with Gasteiger partial charge in [-0.1, -0.05) is 24.3 Å². The van der Waals surface area contributed by atoms with Crippen molar-refractivity contribution < 1.29 is 4.74 Å². The standard InChI is InChI=1S/C26H35N3O/c1-30-25-10-9-21-18-22-6-5-11-29(26(22)20-23(21)19-25)17-14-27-12-15-28(16-13-27)24-7-3-2-4-8-24/h2-4,7-10,19,22,26H,5-6,11-18,20H2,1H3/t22-,26-/m0/s1. The molecule has 2 heterocycles. The third-order valence-corrected chi connectivity index (χ3v) is 7.56. The topological polar surface area (TPSA) is 19.0 Å². The van der Waals surface area contributed by atoms with Crippen molar-refractivity contribution in [3.8, 4) is 5.75 Å². The van der Waals surface area contributed by atoms with Crippen molar-refractivity contribution in [1.82, 2.24) is 9.80 Å². The summed E-state index contributed by atoms with van der Waals surface area (Å²) in [6, 6.07) is 18.3. The fraction of sp³-hybridized carbons (Fsp3) is 0.538. The van der Waals surface area contributed by atoms with Crippen LogP contribution in [0.1, 0.15) is 24.0 Å². The molecular weight excluding hydrogens is 370 g/mol. The first-order valence-electron chi connectivity index (χ1n) is 11.7. The van der Waals surface area contributed by atoms with E-state index in [1.165, 1.54) is 69.7 Å². The molecule has 2 saturated heterocycles. The van der Waals surface area contributed by atoms with Crippen molar-refractivity contribution in [1.29, 1.82) is 0 Å². The molecule has 0 radical (unpaired) electrons. The van der Waals surface area contributed by atoms with E-state index in [-0.39, 0.29) is 0 Å². The Morgan fingerprint density at radius 2 is 1.70 bits per heavy atom. The van der Waals surface area contributed by atoms with Crippen LogP contribution in [-0.2, 0) is 12.8 Å². The molecule has 2 aromatic rings. The van der Waals surface area contributed by atoms with Gasteiger partial charge in [0.05, 0.1) is 7.11 Å². The molecule has 5 rings (SSSR count). The molecule has 2 aromatic carbocycles. The van der Waals surface area contributed by atoms with E-state index in [1.807, 2.05) is 0 Å². The molecule has 30 heavy (non-hydrogen) atoms. The maximum atomic E-state index is 5.49. The second-order valence-electron chi connectivity index (χ2n) is 9.21. The van der Waals surface area contributed by atoms with Crippen LogP contribution < -0.4 is 9.64 Å². The van der Waals surface area contributed by atoms with Crippen LogP contribution in [0.3, 0.4) is 0 Å². The van der Waals surface area contributed by atoms with E-state index in [1.54, 1.807) is 12.7 Å². The van der Waals surface area contributed by atoms with Crippen LogP contribution in [-0.4, -0.2) is 68.8 Å². The molecule has 160 valence electrons. The average Bonchev–Trinajstić information content (AvgIpc) is 2.82. The third kappa shape index (κ3) is 4.21. The molecule has 0 unspecified atom stereocenters. The molecule has 3 aliphatic rings. The molecule has 0 amide bonds. The fourth-order valence-corrected chi connectivity index (χ4v) is 5.79. The SMILES string of the molecule is COc1ccc2c(c1)C[C@H]1[C@@H](CCCN1CCN1CCN(c3ccccc3)CC1)C2. The van der Waals surface area contributed by atoms with E-state index in [0.717, 1.165) is 24.8 Å². The van der Waals surface area contributed by atoms with Gasteiger partial charge in [-0.2, -0.15) is 0 Å². The van der Waals surface area contributed by atoms with Gasteiger partial charge in [-0.15, -0.1) is 0 Å². The van der Waals surface area contributed by atoms with E-state index < -0.39 is 0 Å². The van der Waals surface area contributed by atoms with Crippen LogP contribution in [0.15, 0.2) is 48.5 Å². The first kappa shape index (κ1) is 19.9. The van der Waals surface area contributed by atoms with Crippen molar-refractivity contribution >= 4 is 5.69 Å². The number of anilines is 1. The van der Waals surface area contributed by atoms with Gasteiger partial charge >= 0.3 is 0 Å². The van der Waals surface area contributed by atoms with Crippen molar-refractivity contribution in [2.75, 3.05) is 57.8 Å². The van der Waals surface area contributed by atoms with Gasteiger partial charge in [-0.05, 0) is 73.5 Å². The third-order valence-electron chi connectivity index (χ3n) is 7.56. The van der Waals surface area contributed by atoms with Crippen molar-refractivity contribution in [2.45, 2.75) is 31.7 Å². The normalized spacial score (nSPS) is 24.9. The highest BCUT2D eigenvalue weighted by Crippen LogP contribution is 2.36. The van der Waals surface area contributed by atoms with Crippen LogP contribution in [0.5, 0.6) is 5.75 Å². The van der Waals surface area contributed by atoms with Gasteiger partial charge in [0.2, 0.25) is 0 Å². The Labute approximate surface area is 181 Å².